The smallest absolute Gasteiger partial charge is 0.0552 e. The first-order valence-electron chi connectivity index (χ1n) is 3.92. The normalized spacial score (nSPS) is 39.0. The van der Waals surface area contributed by atoms with Gasteiger partial charge in [0.25, 0.3) is 0 Å². The molecule has 1 spiro atoms. The third-order valence-corrected chi connectivity index (χ3v) is 2.71. The van der Waals surface area contributed by atoms with Crippen LogP contribution in [0.3, 0.4) is 0 Å². The third-order valence-electron chi connectivity index (χ3n) is 2.71. The Morgan fingerprint density at radius 1 is 1.33 bits per heavy atom. The Morgan fingerprint density at radius 3 is 2.56 bits per heavy atom. The maximum atomic E-state index is 5.45. The van der Waals surface area contributed by atoms with E-state index < -0.39 is 0 Å². The summed E-state index contributed by atoms with van der Waals surface area (Å²) in [6.45, 7) is 3.21. The van der Waals surface area contributed by atoms with Crippen LogP contribution < -0.4 is 0 Å². The van der Waals surface area contributed by atoms with E-state index >= 15 is 0 Å². The molecule has 0 N–H and O–H groups in total. The van der Waals surface area contributed by atoms with E-state index in [1.54, 1.807) is 0 Å². The van der Waals surface area contributed by atoms with Crippen LogP contribution in [0.2, 0.25) is 0 Å². The fraction of sp³-hybridized carbons (Fsp3) is 1.00. The number of hydrogen-bond donors (Lipinski definition) is 0. The molecule has 2 aliphatic rings. The van der Waals surface area contributed by atoms with Gasteiger partial charge in [0.05, 0.1) is 6.10 Å². The summed E-state index contributed by atoms with van der Waals surface area (Å²) < 4.78 is 5.45. The maximum Gasteiger partial charge on any atom is 0.0552 e. The SMILES string of the molecule is CC1CC2(CCO1)CC2. The molecule has 0 aromatic carbocycles. The highest BCUT2D eigenvalue weighted by molar-refractivity contribution is 4.95. The van der Waals surface area contributed by atoms with Crippen LogP contribution in [0.4, 0.5) is 0 Å². The summed E-state index contributed by atoms with van der Waals surface area (Å²) in [6, 6.07) is 0. The fourth-order valence-electron chi connectivity index (χ4n) is 1.88. The highest BCUT2D eigenvalue weighted by atomic mass is 16.5. The highest BCUT2D eigenvalue weighted by Gasteiger charge is 2.45. The number of hydrogen-bond acceptors (Lipinski definition) is 1. The van der Waals surface area contributed by atoms with E-state index in [9.17, 15) is 0 Å². The van der Waals surface area contributed by atoms with Crippen LogP contribution in [0.1, 0.15) is 32.6 Å². The Bertz CT molecular complexity index is 116. The molecule has 1 unspecified atom stereocenters. The minimum absolute atomic E-state index is 0.543. The third kappa shape index (κ3) is 0.983. The van der Waals surface area contributed by atoms with Crippen LogP contribution >= 0.6 is 0 Å². The van der Waals surface area contributed by atoms with Gasteiger partial charge in [0, 0.05) is 6.61 Å². The molecular weight excluding hydrogens is 112 g/mol. The standard InChI is InChI=1S/C8H14O/c1-7-6-8(2-3-8)4-5-9-7/h7H,2-6H2,1H3. The zero-order valence-electron chi connectivity index (χ0n) is 6.02. The summed E-state index contributed by atoms with van der Waals surface area (Å²) in [4.78, 5) is 0. The predicted octanol–water partition coefficient (Wildman–Crippen LogP) is 1.97. The van der Waals surface area contributed by atoms with Crippen molar-refractivity contribution in [1.29, 1.82) is 0 Å². The first-order chi connectivity index (χ1) is 4.31. The quantitative estimate of drug-likeness (QED) is 0.482. The minimum atomic E-state index is 0.543. The van der Waals surface area contributed by atoms with Gasteiger partial charge >= 0.3 is 0 Å². The van der Waals surface area contributed by atoms with Crippen molar-refractivity contribution in [2.24, 2.45) is 5.41 Å². The zero-order valence-corrected chi connectivity index (χ0v) is 6.02. The molecule has 2 rings (SSSR count). The van der Waals surface area contributed by atoms with Gasteiger partial charge in [-0.3, -0.25) is 0 Å². The first-order valence-corrected chi connectivity index (χ1v) is 3.92. The van der Waals surface area contributed by atoms with Crippen molar-refractivity contribution in [3.63, 3.8) is 0 Å². The summed E-state index contributed by atoms with van der Waals surface area (Å²) >= 11 is 0. The molecule has 52 valence electrons. The van der Waals surface area contributed by atoms with Crippen molar-refractivity contribution in [2.45, 2.75) is 38.7 Å². The van der Waals surface area contributed by atoms with E-state index in [2.05, 4.69) is 6.92 Å². The van der Waals surface area contributed by atoms with E-state index in [4.69, 9.17) is 4.74 Å². The molecule has 1 atom stereocenters. The Kier molecular flexibility index (Phi) is 1.10. The van der Waals surface area contributed by atoms with Gasteiger partial charge in [-0.05, 0) is 38.0 Å². The molecule has 1 heterocycles. The number of rotatable bonds is 0. The molecule has 0 aromatic rings. The molecule has 1 heteroatoms. The van der Waals surface area contributed by atoms with E-state index in [0.29, 0.717) is 6.10 Å². The van der Waals surface area contributed by atoms with E-state index in [1.165, 1.54) is 25.7 Å². The summed E-state index contributed by atoms with van der Waals surface area (Å²) in [7, 11) is 0. The van der Waals surface area contributed by atoms with Crippen molar-refractivity contribution in [2.75, 3.05) is 6.61 Å². The van der Waals surface area contributed by atoms with Gasteiger partial charge in [0.2, 0.25) is 0 Å². The molecule has 9 heavy (non-hydrogen) atoms. The Hall–Kier alpha value is -0.0400. The lowest BCUT2D eigenvalue weighted by Crippen LogP contribution is -2.23. The molecule has 1 saturated carbocycles. The zero-order chi connectivity index (χ0) is 6.32. The van der Waals surface area contributed by atoms with Crippen LogP contribution in [0, 0.1) is 5.41 Å². The molecule has 1 nitrogen and oxygen atoms in total. The van der Waals surface area contributed by atoms with Gasteiger partial charge in [-0.1, -0.05) is 0 Å². The molecule has 2 fully saturated rings. The van der Waals surface area contributed by atoms with Crippen LogP contribution in [-0.4, -0.2) is 12.7 Å². The fourth-order valence-corrected chi connectivity index (χ4v) is 1.88. The molecular formula is C8H14O. The van der Waals surface area contributed by atoms with Gasteiger partial charge in [-0.15, -0.1) is 0 Å². The van der Waals surface area contributed by atoms with E-state index in [0.717, 1.165) is 12.0 Å². The second kappa shape index (κ2) is 1.72. The summed E-state index contributed by atoms with van der Waals surface area (Å²) in [5, 5.41) is 0. The van der Waals surface area contributed by atoms with Crippen molar-refractivity contribution < 1.29 is 4.74 Å². The largest absolute Gasteiger partial charge is 0.378 e. The summed E-state index contributed by atoms with van der Waals surface area (Å²) in [6.07, 6.45) is 6.15. The molecule has 1 aliphatic carbocycles. The molecule has 1 aliphatic heterocycles. The molecule has 0 amide bonds. The van der Waals surface area contributed by atoms with Crippen LogP contribution in [0.15, 0.2) is 0 Å². The van der Waals surface area contributed by atoms with Crippen molar-refractivity contribution in [3.8, 4) is 0 Å². The molecule has 0 aromatic heterocycles. The molecule has 0 bridgehead atoms. The van der Waals surface area contributed by atoms with Gasteiger partial charge in [-0.2, -0.15) is 0 Å². The first kappa shape index (κ1) is 5.72. The van der Waals surface area contributed by atoms with Gasteiger partial charge < -0.3 is 4.74 Å². The maximum absolute atomic E-state index is 5.45. The van der Waals surface area contributed by atoms with Crippen LogP contribution in [0.5, 0.6) is 0 Å². The Balaban J connectivity index is 1.96. The molecule has 1 saturated heterocycles. The Labute approximate surface area is 56.4 Å². The van der Waals surface area contributed by atoms with Crippen LogP contribution in [0.25, 0.3) is 0 Å². The minimum Gasteiger partial charge on any atom is -0.378 e. The monoisotopic (exact) mass is 126 g/mol. The average Bonchev–Trinajstić information content (AvgIpc) is 2.49. The molecule has 0 radical (unpaired) electrons. The van der Waals surface area contributed by atoms with Gasteiger partial charge in [-0.25, -0.2) is 0 Å². The predicted molar refractivity (Wildman–Crippen MR) is 36.3 cm³/mol. The Morgan fingerprint density at radius 2 is 2.11 bits per heavy atom. The second-order valence-corrected chi connectivity index (χ2v) is 3.64. The lowest BCUT2D eigenvalue weighted by Gasteiger charge is -2.26. The van der Waals surface area contributed by atoms with Crippen molar-refractivity contribution >= 4 is 0 Å². The van der Waals surface area contributed by atoms with E-state index in [1.807, 2.05) is 0 Å². The van der Waals surface area contributed by atoms with Crippen molar-refractivity contribution in [3.05, 3.63) is 0 Å². The average molecular weight is 126 g/mol. The van der Waals surface area contributed by atoms with Gasteiger partial charge in [0.1, 0.15) is 0 Å². The topological polar surface area (TPSA) is 9.23 Å². The lowest BCUT2D eigenvalue weighted by molar-refractivity contribution is -0.00484. The number of ether oxygens (including phenoxy) is 1. The van der Waals surface area contributed by atoms with Crippen LogP contribution in [-0.2, 0) is 4.74 Å². The lowest BCUT2D eigenvalue weighted by atomic mass is 9.93. The second-order valence-electron chi connectivity index (χ2n) is 3.64. The van der Waals surface area contributed by atoms with Crippen molar-refractivity contribution in [1.82, 2.24) is 0 Å². The highest BCUT2D eigenvalue weighted by Crippen LogP contribution is 2.54. The summed E-state index contributed by atoms with van der Waals surface area (Å²) in [5.41, 5.74) is 0.775. The summed E-state index contributed by atoms with van der Waals surface area (Å²) in [5.74, 6) is 0. The van der Waals surface area contributed by atoms with Gasteiger partial charge in [0.15, 0.2) is 0 Å². The van der Waals surface area contributed by atoms with E-state index in [-0.39, 0.29) is 0 Å².